The highest BCUT2D eigenvalue weighted by Crippen LogP contribution is 2.49. The Morgan fingerprint density at radius 1 is 0.884 bits per heavy atom. The van der Waals surface area contributed by atoms with Crippen LogP contribution in [0.2, 0.25) is 5.02 Å². The Kier molecular flexibility index (Phi) is 7.61. The standard InChI is InChI=1S/C37H35ClN2O3/c1-37(2,3)26-17-13-23(14-18-26)25-21-31-34(33(41)22-25)35(28-9-5-6-10-29(28)38)40(32-12-8-7-11-30(32)39-31)36(42)24-15-19-27(43-4)20-16-24/h5-20,25,35,39H,21-22H2,1-4H3/t25-,35-/m1/s1. The average Bonchev–Trinajstić information content (AvgIpc) is 3.15. The highest BCUT2D eigenvalue weighted by molar-refractivity contribution is 6.31. The molecule has 6 rings (SSSR count). The molecule has 1 N–H and O–H groups in total. The lowest BCUT2D eigenvalue weighted by molar-refractivity contribution is -0.116. The summed E-state index contributed by atoms with van der Waals surface area (Å²) in [5.74, 6) is 0.439. The Morgan fingerprint density at radius 2 is 1.56 bits per heavy atom. The van der Waals surface area contributed by atoms with Crippen LogP contribution in [0.15, 0.2) is 108 Å². The van der Waals surface area contributed by atoms with Gasteiger partial charge < -0.3 is 10.1 Å². The Balaban J connectivity index is 1.51. The van der Waals surface area contributed by atoms with Crippen molar-refractivity contribution in [2.75, 3.05) is 17.3 Å². The van der Waals surface area contributed by atoms with Crippen molar-refractivity contribution in [3.05, 3.63) is 136 Å². The number of amides is 1. The summed E-state index contributed by atoms with van der Waals surface area (Å²) >= 11 is 6.84. The van der Waals surface area contributed by atoms with E-state index in [-0.39, 0.29) is 23.0 Å². The molecule has 0 fully saturated rings. The number of ether oxygens (including phenoxy) is 1. The minimum atomic E-state index is -0.717. The van der Waals surface area contributed by atoms with Crippen LogP contribution in [0.5, 0.6) is 5.75 Å². The molecule has 4 aromatic rings. The second-order valence-corrected chi connectivity index (χ2v) is 12.7. The molecule has 0 aromatic heterocycles. The van der Waals surface area contributed by atoms with Crippen molar-refractivity contribution >= 4 is 34.7 Å². The molecule has 0 spiro atoms. The number of fused-ring (bicyclic) bond motifs is 1. The van der Waals surface area contributed by atoms with Gasteiger partial charge in [-0.2, -0.15) is 0 Å². The fourth-order valence-corrected chi connectivity index (χ4v) is 6.41. The van der Waals surface area contributed by atoms with E-state index in [1.807, 2.05) is 48.5 Å². The van der Waals surface area contributed by atoms with Gasteiger partial charge in [-0.05, 0) is 76.9 Å². The Hall–Kier alpha value is -4.35. The summed E-state index contributed by atoms with van der Waals surface area (Å²) in [6.07, 6.45) is 0.979. The van der Waals surface area contributed by atoms with E-state index in [9.17, 15) is 9.59 Å². The summed E-state index contributed by atoms with van der Waals surface area (Å²) < 4.78 is 5.33. The van der Waals surface area contributed by atoms with Crippen molar-refractivity contribution in [2.45, 2.75) is 51.0 Å². The zero-order chi connectivity index (χ0) is 30.3. The third-order valence-corrected chi connectivity index (χ3v) is 8.84. The van der Waals surface area contributed by atoms with E-state index in [1.54, 1.807) is 36.3 Å². The molecule has 1 heterocycles. The predicted octanol–water partition coefficient (Wildman–Crippen LogP) is 8.86. The number of para-hydroxylation sites is 2. The number of nitrogens with one attached hydrogen (secondary N) is 1. The maximum absolute atomic E-state index is 14.5. The summed E-state index contributed by atoms with van der Waals surface area (Å²) in [4.78, 5) is 30.5. The third kappa shape index (κ3) is 5.46. The van der Waals surface area contributed by atoms with Gasteiger partial charge in [0.2, 0.25) is 0 Å². The second-order valence-electron chi connectivity index (χ2n) is 12.3. The first kappa shape index (κ1) is 28.8. The third-order valence-electron chi connectivity index (χ3n) is 8.49. The van der Waals surface area contributed by atoms with Crippen LogP contribution in [0.1, 0.15) is 72.6 Å². The van der Waals surface area contributed by atoms with Crippen molar-refractivity contribution in [3.63, 3.8) is 0 Å². The zero-order valence-electron chi connectivity index (χ0n) is 24.9. The van der Waals surface area contributed by atoms with Crippen molar-refractivity contribution in [3.8, 4) is 5.75 Å². The van der Waals surface area contributed by atoms with Gasteiger partial charge in [-0.25, -0.2) is 0 Å². The average molecular weight is 591 g/mol. The lowest BCUT2D eigenvalue weighted by Gasteiger charge is -2.35. The number of methoxy groups -OCH3 is 1. The first-order valence-electron chi connectivity index (χ1n) is 14.6. The lowest BCUT2D eigenvalue weighted by Crippen LogP contribution is -2.38. The number of rotatable bonds is 4. The van der Waals surface area contributed by atoms with Gasteiger partial charge in [-0.3, -0.25) is 14.5 Å². The number of carbonyl (C=O) groups excluding carboxylic acids is 2. The van der Waals surface area contributed by atoms with Crippen molar-refractivity contribution in [1.29, 1.82) is 0 Å². The highest BCUT2D eigenvalue weighted by Gasteiger charge is 2.42. The van der Waals surface area contributed by atoms with Crippen LogP contribution in [-0.4, -0.2) is 18.8 Å². The minimum absolute atomic E-state index is 0.00362. The smallest absolute Gasteiger partial charge is 0.259 e. The molecule has 43 heavy (non-hydrogen) atoms. The molecule has 2 atom stereocenters. The fraction of sp³-hybridized carbons (Fsp3) is 0.243. The normalized spacial score (nSPS) is 18.3. The summed E-state index contributed by atoms with van der Waals surface area (Å²) in [5, 5.41) is 4.10. The molecular weight excluding hydrogens is 556 g/mol. The number of nitrogens with zero attached hydrogens (tertiary/aromatic N) is 1. The van der Waals surface area contributed by atoms with Crippen molar-refractivity contribution < 1.29 is 14.3 Å². The van der Waals surface area contributed by atoms with Gasteiger partial charge in [-0.15, -0.1) is 0 Å². The maximum atomic E-state index is 14.5. The van der Waals surface area contributed by atoms with Gasteiger partial charge in [0.15, 0.2) is 5.78 Å². The summed E-state index contributed by atoms with van der Waals surface area (Å²) in [7, 11) is 1.59. The van der Waals surface area contributed by atoms with Gasteiger partial charge in [0.1, 0.15) is 5.75 Å². The largest absolute Gasteiger partial charge is 0.497 e. The molecule has 1 amide bonds. The first-order valence-corrected chi connectivity index (χ1v) is 15.0. The summed E-state index contributed by atoms with van der Waals surface area (Å²) in [5.41, 5.74) is 6.47. The predicted molar refractivity (Wildman–Crippen MR) is 173 cm³/mol. The van der Waals surface area contributed by atoms with Crippen molar-refractivity contribution in [2.24, 2.45) is 0 Å². The number of hydrogen-bond donors (Lipinski definition) is 1. The van der Waals surface area contributed by atoms with Gasteiger partial charge >= 0.3 is 0 Å². The molecule has 218 valence electrons. The van der Waals surface area contributed by atoms with Crippen molar-refractivity contribution in [1.82, 2.24) is 0 Å². The molecule has 0 bridgehead atoms. The molecule has 4 aromatic carbocycles. The van der Waals surface area contributed by atoms with E-state index >= 15 is 0 Å². The van der Waals surface area contributed by atoms with Crippen LogP contribution in [0.3, 0.4) is 0 Å². The molecule has 0 saturated heterocycles. The van der Waals surface area contributed by atoms with Crippen LogP contribution in [-0.2, 0) is 10.2 Å². The summed E-state index contributed by atoms with van der Waals surface area (Å²) in [6, 6.07) is 30.2. The van der Waals surface area contributed by atoms with E-state index in [1.165, 1.54) is 5.56 Å². The fourth-order valence-electron chi connectivity index (χ4n) is 6.17. The number of carbonyl (C=O) groups is 2. The molecule has 1 aliphatic carbocycles. The Morgan fingerprint density at radius 3 is 2.23 bits per heavy atom. The molecule has 5 nitrogen and oxygen atoms in total. The van der Waals surface area contributed by atoms with Crippen LogP contribution in [0.25, 0.3) is 0 Å². The number of hydrogen-bond acceptors (Lipinski definition) is 4. The van der Waals surface area contributed by atoms with E-state index in [0.29, 0.717) is 46.0 Å². The topological polar surface area (TPSA) is 58.6 Å². The first-order chi connectivity index (χ1) is 20.7. The Bertz CT molecular complexity index is 1720. The number of allylic oxidation sites excluding steroid dienone is 1. The molecule has 0 saturated carbocycles. The summed E-state index contributed by atoms with van der Waals surface area (Å²) in [6.45, 7) is 6.60. The quantitative estimate of drug-likeness (QED) is 0.258. The minimum Gasteiger partial charge on any atom is -0.497 e. The maximum Gasteiger partial charge on any atom is 0.259 e. The molecule has 0 radical (unpaired) electrons. The number of benzene rings is 4. The number of halogens is 1. The molecular formula is C37H35ClN2O3. The monoisotopic (exact) mass is 590 g/mol. The molecule has 6 heteroatoms. The van der Waals surface area contributed by atoms with Gasteiger partial charge in [-0.1, -0.05) is 87.0 Å². The van der Waals surface area contributed by atoms with Crippen LogP contribution >= 0.6 is 11.6 Å². The molecule has 0 unspecified atom stereocenters. The lowest BCUT2D eigenvalue weighted by atomic mass is 9.77. The van der Waals surface area contributed by atoms with E-state index in [4.69, 9.17) is 16.3 Å². The van der Waals surface area contributed by atoms with Crippen LogP contribution in [0.4, 0.5) is 11.4 Å². The number of Topliss-reactive ketones (excluding diaryl/α,β-unsaturated/α-hetero) is 1. The second kappa shape index (κ2) is 11.4. The van der Waals surface area contributed by atoms with Gasteiger partial charge in [0.05, 0.1) is 24.5 Å². The highest BCUT2D eigenvalue weighted by atomic mass is 35.5. The van der Waals surface area contributed by atoms with Gasteiger partial charge in [0.25, 0.3) is 5.91 Å². The number of ketones is 1. The molecule has 1 aliphatic heterocycles. The molecule has 2 aliphatic rings. The number of anilines is 2. The van der Waals surface area contributed by atoms with Crippen LogP contribution < -0.4 is 15.0 Å². The van der Waals surface area contributed by atoms with Crippen LogP contribution in [0, 0.1) is 0 Å². The van der Waals surface area contributed by atoms with Gasteiger partial charge in [0, 0.05) is 28.3 Å². The van der Waals surface area contributed by atoms with E-state index < -0.39 is 6.04 Å². The van der Waals surface area contributed by atoms with E-state index in [2.05, 4.69) is 50.4 Å². The van der Waals surface area contributed by atoms with E-state index in [0.717, 1.165) is 16.9 Å². The zero-order valence-corrected chi connectivity index (χ0v) is 25.6. The Labute approximate surface area is 258 Å². The SMILES string of the molecule is COc1ccc(C(=O)N2c3ccccc3NC3=C(C(=O)C[C@H](c4ccc(C(C)(C)C)cc4)C3)[C@H]2c2ccccc2Cl)cc1.